The van der Waals surface area contributed by atoms with Crippen LogP contribution in [-0.4, -0.2) is 37.5 Å². The van der Waals surface area contributed by atoms with Gasteiger partial charge < -0.3 is 10.2 Å². The molecule has 0 unspecified atom stereocenters. The Morgan fingerprint density at radius 2 is 1.20 bits per heavy atom. The van der Waals surface area contributed by atoms with Gasteiger partial charge in [0.25, 0.3) is 11.4 Å². The van der Waals surface area contributed by atoms with Gasteiger partial charge in [0.15, 0.2) is 11.6 Å². The van der Waals surface area contributed by atoms with Crippen LogP contribution < -0.4 is 0 Å². The van der Waals surface area contributed by atoms with Gasteiger partial charge in [0.2, 0.25) is 0 Å². The fraction of sp³-hybridized carbons (Fsp3) is 0. The van der Waals surface area contributed by atoms with Crippen molar-refractivity contribution in [3.05, 3.63) is 86.0 Å². The molecule has 3 aromatic rings. The molecule has 0 radical (unpaired) electrons. The highest BCUT2D eigenvalue weighted by Gasteiger charge is 2.10. The number of aromatic hydroxyl groups is 2. The van der Waals surface area contributed by atoms with Gasteiger partial charge in [-0.1, -0.05) is 6.07 Å². The van der Waals surface area contributed by atoms with Crippen LogP contribution in [-0.2, 0) is 0 Å². The third-order valence-corrected chi connectivity index (χ3v) is 3.84. The number of benzene rings is 2. The van der Waals surface area contributed by atoms with Crippen molar-refractivity contribution in [2.45, 2.75) is 0 Å². The van der Waals surface area contributed by atoms with Gasteiger partial charge in [-0.15, -0.1) is 0 Å². The van der Waals surface area contributed by atoms with E-state index < -0.39 is 9.85 Å². The summed E-state index contributed by atoms with van der Waals surface area (Å²) in [5, 5.41) is 41.3. The molecule has 0 aliphatic carbocycles. The summed E-state index contributed by atoms with van der Waals surface area (Å²) in [7, 11) is 0. The van der Waals surface area contributed by atoms with Gasteiger partial charge in [-0.05, 0) is 24.3 Å². The molecule has 1 aromatic heterocycles. The van der Waals surface area contributed by atoms with Crippen molar-refractivity contribution in [2.75, 3.05) is 0 Å². The molecule has 0 aliphatic rings. The number of aliphatic imine (C=N–C) groups is 2. The van der Waals surface area contributed by atoms with E-state index >= 15 is 0 Å². The largest absolute Gasteiger partial charge is 0.507 e. The molecule has 0 saturated heterocycles. The van der Waals surface area contributed by atoms with Crippen LogP contribution in [0.4, 0.5) is 23.0 Å². The zero-order valence-corrected chi connectivity index (χ0v) is 15.1. The van der Waals surface area contributed by atoms with Crippen molar-refractivity contribution in [1.82, 2.24) is 4.98 Å². The normalized spacial score (nSPS) is 11.2. The molecule has 0 amide bonds. The number of pyridine rings is 1. The molecule has 0 spiro atoms. The number of nitro benzene ring substituents is 2. The molecule has 0 fully saturated rings. The second-order valence-corrected chi connectivity index (χ2v) is 5.87. The minimum atomic E-state index is -0.590. The summed E-state index contributed by atoms with van der Waals surface area (Å²) in [5.41, 5.74) is -0.113. The number of non-ortho nitro benzene ring substituents is 2. The van der Waals surface area contributed by atoms with Gasteiger partial charge in [-0.25, -0.2) is 15.0 Å². The van der Waals surface area contributed by atoms with Gasteiger partial charge >= 0.3 is 0 Å². The third kappa shape index (κ3) is 4.78. The maximum atomic E-state index is 10.9. The van der Waals surface area contributed by atoms with Crippen LogP contribution >= 0.6 is 0 Å². The number of nitro groups is 2. The van der Waals surface area contributed by atoms with Crippen LogP contribution in [0.15, 0.2) is 64.6 Å². The van der Waals surface area contributed by atoms with E-state index in [0.717, 1.165) is 0 Å². The lowest BCUT2D eigenvalue weighted by Gasteiger charge is -2.00. The fourth-order valence-electron chi connectivity index (χ4n) is 2.35. The number of aromatic nitrogens is 1. The number of rotatable bonds is 6. The highest BCUT2D eigenvalue weighted by molar-refractivity contribution is 5.87. The lowest BCUT2D eigenvalue weighted by molar-refractivity contribution is -0.385. The van der Waals surface area contributed by atoms with Crippen LogP contribution in [0, 0.1) is 20.2 Å². The van der Waals surface area contributed by atoms with E-state index in [1.165, 1.54) is 48.8 Å². The smallest absolute Gasteiger partial charge is 0.270 e. The van der Waals surface area contributed by atoms with E-state index in [1.807, 2.05) is 0 Å². The average molecular weight is 407 g/mol. The minimum Gasteiger partial charge on any atom is -0.507 e. The fourth-order valence-corrected chi connectivity index (χ4v) is 2.35. The van der Waals surface area contributed by atoms with E-state index in [-0.39, 0.29) is 45.6 Å². The van der Waals surface area contributed by atoms with Gasteiger partial charge in [0, 0.05) is 47.8 Å². The SMILES string of the molecule is O=[N+]([O-])c1ccc(O)c(C=Nc2cccc(/N=C/c3cc([N+](=O)[O-])ccc3O)n2)c1. The Bertz CT molecular complexity index is 1100. The van der Waals surface area contributed by atoms with Gasteiger partial charge in [-0.3, -0.25) is 20.2 Å². The van der Waals surface area contributed by atoms with E-state index in [4.69, 9.17) is 0 Å². The second kappa shape index (κ2) is 8.56. The van der Waals surface area contributed by atoms with Crippen molar-refractivity contribution >= 4 is 35.4 Å². The zero-order valence-electron chi connectivity index (χ0n) is 15.1. The molecule has 30 heavy (non-hydrogen) atoms. The number of nitrogens with zero attached hydrogens (tertiary/aromatic N) is 5. The maximum absolute atomic E-state index is 10.9. The van der Waals surface area contributed by atoms with Gasteiger partial charge in [0.1, 0.15) is 11.5 Å². The first kappa shape index (κ1) is 20.1. The molecule has 2 aromatic carbocycles. The third-order valence-electron chi connectivity index (χ3n) is 3.84. The second-order valence-electron chi connectivity index (χ2n) is 5.87. The summed E-state index contributed by atoms with van der Waals surface area (Å²) in [5.74, 6) is 0.0528. The zero-order chi connectivity index (χ0) is 21.7. The number of phenolic OH excluding ortho intramolecular Hbond substituents is 2. The van der Waals surface area contributed by atoms with E-state index in [1.54, 1.807) is 18.2 Å². The number of phenols is 2. The van der Waals surface area contributed by atoms with Crippen LogP contribution in [0.3, 0.4) is 0 Å². The maximum Gasteiger partial charge on any atom is 0.270 e. The Balaban J connectivity index is 1.84. The summed E-state index contributed by atoms with van der Waals surface area (Å²) in [6.07, 6.45) is 2.45. The lowest BCUT2D eigenvalue weighted by atomic mass is 10.2. The van der Waals surface area contributed by atoms with Crippen LogP contribution in [0.5, 0.6) is 11.5 Å². The quantitative estimate of drug-likeness (QED) is 0.356. The monoisotopic (exact) mass is 407 g/mol. The first-order valence-corrected chi connectivity index (χ1v) is 8.33. The molecule has 0 aliphatic heterocycles. The molecule has 1 heterocycles. The van der Waals surface area contributed by atoms with Crippen molar-refractivity contribution in [2.24, 2.45) is 9.98 Å². The van der Waals surface area contributed by atoms with Crippen molar-refractivity contribution in [1.29, 1.82) is 0 Å². The lowest BCUT2D eigenvalue weighted by Crippen LogP contribution is -1.91. The molecule has 2 N–H and O–H groups in total. The number of hydrogen-bond acceptors (Lipinski definition) is 9. The Hall–Kier alpha value is -4.67. The summed E-state index contributed by atoms with van der Waals surface area (Å²) in [6.45, 7) is 0. The summed E-state index contributed by atoms with van der Waals surface area (Å²) >= 11 is 0. The van der Waals surface area contributed by atoms with Crippen molar-refractivity contribution in [3.8, 4) is 11.5 Å². The predicted octanol–water partition coefficient (Wildman–Crippen LogP) is 3.81. The molecular formula is C19H13N5O6. The molecule has 11 heteroatoms. The van der Waals surface area contributed by atoms with Gasteiger partial charge in [-0.2, -0.15) is 0 Å². The standard InChI is InChI=1S/C19H13N5O6/c25-16-6-4-14(23(27)28)8-12(16)10-20-18-2-1-3-19(22-18)21-11-13-9-15(24(29)30)5-7-17(13)26/h1-11,25-26H/b20-10+,21-11?. The van der Waals surface area contributed by atoms with Crippen molar-refractivity contribution < 1.29 is 20.1 Å². The van der Waals surface area contributed by atoms with Crippen LogP contribution in [0.25, 0.3) is 0 Å². The van der Waals surface area contributed by atoms with E-state index in [2.05, 4.69) is 15.0 Å². The molecule has 0 bridgehead atoms. The Kier molecular flexibility index (Phi) is 5.73. The van der Waals surface area contributed by atoms with Crippen LogP contribution in [0.1, 0.15) is 11.1 Å². The Labute approximate surface area is 168 Å². The average Bonchev–Trinajstić information content (AvgIpc) is 2.72. The predicted molar refractivity (Wildman–Crippen MR) is 108 cm³/mol. The molecule has 0 saturated carbocycles. The highest BCUT2D eigenvalue weighted by Crippen LogP contribution is 2.24. The first-order valence-electron chi connectivity index (χ1n) is 8.33. The molecular weight excluding hydrogens is 394 g/mol. The summed E-state index contributed by atoms with van der Waals surface area (Å²) in [4.78, 5) is 32.8. The summed E-state index contributed by atoms with van der Waals surface area (Å²) in [6, 6.07) is 11.8. The van der Waals surface area contributed by atoms with Crippen molar-refractivity contribution in [3.63, 3.8) is 0 Å². The molecule has 150 valence electrons. The molecule has 3 rings (SSSR count). The Morgan fingerprint density at radius 1 is 0.767 bits per heavy atom. The molecule has 11 nitrogen and oxygen atoms in total. The Morgan fingerprint density at radius 3 is 1.60 bits per heavy atom. The molecule has 0 atom stereocenters. The van der Waals surface area contributed by atoms with Gasteiger partial charge in [0.05, 0.1) is 9.85 Å². The highest BCUT2D eigenvalue weighted by atomic mass is 16.6. The number of hydrogen-bond donors (Lipinski definition) is 2. The summed E-state index contributed by atoms with van der Waals surface area (Å²) < 4.78 is 0. The first-order chi connectivity index (χ1) is 14.3. The minimum absolute atomic E-state index is 0.140. The van der Waals surface area contributed by atoms with E-state index in [9.17, 15) is 30.4 Å². The van der Waals surface area contributed by atoms with E-state index in [0.29, 0.717) is 0 Å². The topological polar surface area (TPSA) is 164 Å². The van der Waals surface area contributed by atoms with Crippen LogP contribution in [0.2, 0.25) is 0 Å².